The fraction of sp³-hybridized carbons (Fsp3) is 0.304. The van der Waals surface area contributed by atoms with Crippen LogP contribution in [0.25, 0.3) is 10.9 Å². The fourth-order valence-electron chi connectivity index (χ4n) is 3.65. The van der Waals surface area contributed by atoms with Crippen LogP contribution < -0.4 is 5.32 Å². The number of aromatic nitrogens is 1. The van der Waals surface area contributed by atoms with Gasteiger partial charge in [0.2, 0.25) is 0 Å². The van der Waals surface area contributed by atoms with Crippen LogP contribution in [0.2, 0.25) is 0 Å². The number of fused-ring (bicyclic) bond motifs is 1. The fourth-order valence-corrected chi connectivity index (χ4v) is 3.65. The Labute approximate surface area is 164 Å². The lowest BCUT2D eigenvalue weighted by Crippen LogP contribution is -2.38. The van der Waals surface area contributed by atoms with Crippen molar-refractivity contribution in [3.63, 3.8) is 0 Å². The molecule has 1 aromatic heterocycles. The highest BCUT2D eigenvalue weighted by atomic mass is 19.1. The van der Waals surface area contributed by atoms with Crippen molar-refractivity contribution in [2.24, 2.45) is 5.92 Å². The number of hydrogen-bond donors (Lipinski definition) is 1. The van der Waals surface area contributed by atoms with Crippen molar-refractivity contribution >= 4 is 28.2 Å². The Kier molecular flexibility index (Phi) is 4.99. The number of carbonyl (C=O) groups is 1. The third kappa shape index (κ3) is 3.84. The van der Waals surface area contributed by atoms with Gasteiger partial charge in [-0.1, -0.05) is 24.6 Å². The first-order chi connectivity index (χ1) is 13.5. The van der Waals surface area contributed by atoms with E-state index >= 15 is 0 Å². The molecule has 3 aromatic rings. The Morgan fingerprint density at radius 2 is 1.93 bits per heavy atom. The normalized spacial score (nSPS) is 15.0. The topological polar surface area (TPSA) is 45.2 Å². The molecule has 5 heteroatoms. The van der Waals surface area contributed by atoms with Crippen molar-refractivity contribution in [3.05, 3.63) is 65.6 Å². The zero-order valence-corrected chi connectivity index (χ0v) is 16.2. The third-order valence-corrected chi connectivity index (χ3v) is 5.36. The summed E-state index contributed by atoms with van der Waals surface area (Å²) in [5.41, 5.74) is 3.67. The number of aryl methyl sites for hydroxylation is 1. The SMILES string of the molecule is Cc1ccc2nc(C(=O)N3CCC(C)CC3)cc(Nc3cccc(F)c3)c2c1. The van der Waals surface area contributed by atoms with Crippen LogP contribution in [0.15, 0.2) is 48.5 Å². The Bertz CT molecular complexity index is 1030. The molecule has 0 saturated carbocycles. The van der Waals surface area contributed by atoms with Crippen LogP contribution in [-0.4, -0.2) is 28.9 Å². The van der Waals surface area contributed by atoms with Gasteiger partial charge in [0.25, 0.3) is 5.91 Å². The molecule has 4 rings (SSSR count). The lowest BCUT2D eigenvalue weighted by Gasteiger charge is -2.30. The minimum atomic E-state index is -0.307. The molecule has 144 valence electrons. The van der Waals surface area contributed by atoms with Crippen molar-refractivity contribution in [2.45, 2.75) is 26.7 Å². The van der Waals surface area contributed by atoms with Gasteiger partial charge in [-0.3, -0.25) is 4.79 Å². The maximum absolute atomic E-state index is 13.6. The van der Waals surface area contributed by atoms with E-state index in [9.17, 15) is 9.18 Å². The van der Waals surface area contributed by atoms with Crippen LogP contribution >= 0.6 is 0 Å². The predicted molar refractivity (Wildman–Crippen MR) is 110 cm³/mol. The molecule has 1 saturated heterocycles. The Morgan fingerprint density at radius 1 is 1.14 bits per heavy atom. The van der Waals surface area contributed by atoms with E-state index in [2.05, 4.69) is 17.2 Å². The summed E-state index contributed by atoms with van der Waals surface area (Å²) < 4.78 is 13.6. The zero-order chi connectivity index (χ0) is 19.7. The average molecular weight is 377 g/mol. The van der Waals surface area contributed by atoms with Crippen LogP contribution in [-0.2, 0) is 0 Å². The molecule has 28 heavy (non-hydrogen) atoms. The predicted octanol–water partition coefficient (Wildman–Crippen LogP) is 5.30. The number of carbonyl (C=O) groups excluding carboxylic acids is 1. The minimum Gasteiger partial charge on any atom is -0.355 e. The molecule has 4 nitrogen and oxygen atoms in total. The van der Waals surface area contributed by atoms with E-state index in [1.807, 2.05) is 30.0 Å². The maximum Gasteiger partial charge on any atom is 0.272 e. The van der Waals surface area contributed by atoms with Crippen molar-refractivity contribution in [3.8, 4) is 0 Å². The van der Waals surface area contributed by atoms with Crippen molar-refractivity contribution in [1.29, 1.82) is 0 Å². The van der Waals surface area contributed by atoms with Gasteiger partial charge in [0.1, 0.15) is 11.5 Å². The number of piperidine rings is 1. The second-order valence-corrected chi connectivity index (χ2v) is 7.69. The van der Waals surface area contributed by atoms with Gasteiger partial charge in [0, 0.05) is 24.2 Å². The summed E-state index contributed by atoms with van der Waals surface area (Å²) in [6, 6.07) is 14.0. The van der Waals surface area contributed by atoms with Crippen LogP contribution in [0.5, 0.6) is 0 Å². The van der Waals surface area contributed by atoms with Gasteiger partial charge in [0.05, 0.1) is 11.2 Å². The van der Waals surface area contributed by atoms with Gasteiger partial charge in [-0.15, -0.1) is 0 Å². The number of halogens is 1. The molecule has 0 bridgehead atoms. The van der Waals surface area contributed by atoms with Gasteiger partial charge >= 0.3 is 0 Å². The number of anilines is 2. The highest BCUT2D eigenvalue weighted by Gasteiger charge is 2.23. The van der Waals surface area contributed by atoms with E-state index in [0.29, 0.717) is 17.3 Å². The monoisotopic (exact) mass is 377 g/mol. The van der Waals surface area contributed by atoms with Crippen LogP contribution in [0.4, 0.5) is 15.8 Å². The molecule has 1 N–H and O–H groups in total. The smallest absolute Gasteiger partial charge is 0.272 e. The van der Waals surface area contributed by atoms with Crippen molar-refractivity contribution in [2.75, 3.05) is 18.4 Å². The highest BCUT2D eigenvalue weighted by molar-refractivity contribution is 6.00. The summed E-state index contributed by atoms with van der Waals surface area (Å²) in [5.74, 6) is 0.303. The van der Waals surface area contributed by atoms with Crippen molar-refractivity contribution in [1.82, 2.24) is 9.88 Å². The van der Waals surface area contributed by atoms with E-state index in [0.717, 1.165) is 48.1 Å². The Hall–Kier alpha value is -2.95. The lowest BCUT2D eigenvalue weighted by atomic mass is 9.99. The molecule has 2 heterocycles. The Morgan fingerprint density at radius 3 is 2.68 bits per heavy atom. The van der Waals surface area contributed by atoms with Gasteiger partial charge in [-0.2, -0.15) is 0 Å². The number of benzene rings is 2. The molecule has 1 amide bonds. The minimum absolute atomic E-state index is 0.0448. The number of hydrogen-bond acceptors (Lipinski definition) is 3. The van der Waals surface area contributed by atoms with E-state index in [4.69, 9.17) is 0 Å². The molecule has 1 aliphatic heterocycles. The van der Waals surface area contributed by atoms with Crippen molar-refractivity contribution < 1.29 is 9.18 Å². The van der Waals surface area contributed by atoms with Gasteiger partial charge in [-0.05, 0) is 62.1 Å². The second kappa shape index (κ2) is 7.58. The number of rotatable bonds is 3. The molecule has 0 aliphatic carbocycles. The van der Waals surface area contributed by atoms with E-state index in [-0.39, 0.29) is 11.7 Å². The largest absolute Gasteiger partial charge is 0.355 e. The average Bonchev–Trinajstić information content (AvgIpc) is 2.68. The number of nitrogens with zero attached hydrogens (tertiary/aromatic N) is 2. The second-order valence-electron chi connectivity index (χ2n) is 7.69. The molecule has 0 atom stereocenters. The highest BCUT2D eigenvalue weighted by Crippen LogP contribution is 2.29. The summed E-state index contributed by atoms with van der Waals surface area (Å²) in [6.07, 6.45) is 2.04. The first-order valence-corrected chi connectivity index (χ1v) is 9.73. The van der Waals surface area contributed by atoms with Gasteiger partial charge < -0.3 is 10.2 Å². The van der Waals surface area contributed by atoms with Crippen LogP contribution in [0.1, 0.15) is 35.8 Å². The lowest BCUT2D eigenvalue weighted by molar-refractivity contribution is 0.0691. The summed E-state index contributed by atoms with van der Waals surface area (Å²) in [7, 11) is 0. The molecule has 0 spiro atoms. The van der Waals surface area contributed by atoms with E-state index < -0.39 is 0 Å². The maximum atomic E-state index is 13.6. The van der Waals surface area contributed by atoms with Crippen LogP contribution in [0.3, 0.4) is 0 Å². The van der Waals surface area contributed by atoms with E-state index in [1.165, 1.54) is 12.1 Å². The number of amides is 1. The number of pyridine rings is 1. The molecule has 2 aromatic carbocycles. The van der Waals surface area contributed by atoms with Gasteiger partial charge in [-0.25, -0.2) is 9.37 Å². The third-order valence-electron chi connectivity index (χ3n) is 5.36. The molecule has 1 aliphatic rings. The summed E-state index contributed by atoms with van der Waals surface area (Å²) in [5, 5.41) is 4.18. The Balaban J connectivity index is 1.74. The van der Waals surface area contributed by atoms with Gasteiger partial charge in [0.15, 0.2) is 0 Å². The zero-order valence-electron chi connectivity index (χ0n) is 16.2. The van der Waals surface area contributed by atoms with Crippen LogP contribution in [0, 0.1) is 18.7 Å². The summed E-state index contributed by atoms with van der Waals surface area (Å²) in [6.45, 7) is 5.76. The molecule has 0 radical (unpaired) electrons. The molecular formula is C23H24FN3O. The molecule has 0 unspecified atom stereocenters. The summed E-state index contributed by atoms with van der Waals surface area (Å²) >= 11 is 0. The molecule has 1 fully saturated rings. The number of nitrogens with one attached hydrogen (secondary N) is 1. The molecular weight excluding hydrogens is 353 g/mol. The summed E-state index contributed by atoms with van der Waals surface area (Å²) in [4.78, 5) is 19.6. The first kappa shape index (κ1) is 18.4. The quantitative estimate of drug-likeness (QED) is 0.674. The number of likely N-dealkylation sites (tertiary alicyclic amines) is 1. The standard InChI is InChI=1S/C23H24FN3O/c1-15-8-10-27(11-9-15)23(28)22-14-21(25-18-5-3-4-17(24)13-18)19-12-16(2)6-7-20(19)26-22/h3-7,12-15H,8-11H2,1-2H3,(H,25,26). The van der Waals surface area contributed by atoms with E-state index in [1.54, 1.807) is 18.2 Å². The first-order valence-electron chi connectivity index (χ1n) is 9.73.